The Hall–Kier alpha value is -2.37. The minimum absolute atomic E-state index is 0.413. The first-order valence-electron chi connectivity index (χ1n) is 5.73. The highest BCUT2D eigenvalue weighted by molar-refractivity contribution is 5.92. The summed E-state index contributed by atoms with van der Waals surface area (Å²) in [6.07, 6.45) is 6.86. The molecule has 0 atom stereocenters. The molecule has 6 heteroatoms. The first kappa shape index (κ1) is 12.1. The van der Waals surface area contributed by atoms with Crippen LogP contribution in [0.2, 0.25) is 0 Å². The van der Waals surface area contributed by atoms with E-state index in [1.165, 1.54) is 6.20 Å². The van der Waals surface area contributed by atoms with E-state index in [9.17, 15) is 4.79 Å². The molecule has 0 aromatic carbocycles. The average molecular weight is 245 g/mol. The van der Waals surface area contributed by atoms with Crippen LogP contribution in [-0.2, 0) is 6.42 Å². The number of nitrogens with zero attached hydrogens (tertiary/aromatic N) is 2. The van der Waals surface area contributed by atoms with Crippen molar-refractivity contribution in [2.24, 2.45) is 5.73 Å². The van der Waals surface area contributed by atoms with Crippen molar-refractivity contribution in [1.82, 2.24) is 15.0 Å². The number of nitrogens with two attached hydrogens (primary N) is 1. The van der Waals surface area contributed by atoms with Crippen LogP contribution in [0.4, 0.5) is 5.82 Å². The third-order valence-corrected chi connectivity index (χ3v) is 2.50. The van der Waals surface area contributed by atoms with Crippen LogP contribution in [0.3, 0.4) is 0 Å². The van der Waals surface area contributed by atoms with Gasteiger partial charge in [-0.25, -0.2) is 9.97 Å². The Morgan fingerprint density at radius 1 is 1.39 bits per heavy atom. The summed E-state index contributed by atoms with van der Waals surface area (Å²) in [5.41, 5.74) is 5.54. The number of amides is 1. The number of nitrogens with one attached hydrogen (secondary N) is 2. The highest BCUT2D eigenvalue weighted by Gasteiger charge is 2.00. The van der Waals surface area contributed by atoms with Gasteiger partial charge in [0.15, 0.2) is 0 Å². The Labute approximate surface area is 105 Å². The smallest absolute Gasteiger partial charge is 0.250 e. The number of carbonyl (C=O) groups excluding carboxylic acids is 1. The minimum Gasteiger partial charge on any atom is -0.370 e. The van der Waals surface area contributed by atoms with Gasteiger partial charge in [0.25, 0.3) is 0 Å². The minimum atomic E-state index is -0.466. The number of pyridine rings is 1. The van der Waals surface area contributed by atoms with Crippen molar-refractivity contribution in [3.8, 4) is 0 Å². The van der Waals surface area contributed by atoms with Gasteiger partial charge in [-0.15, -0.1) is 0 Å². The van der Waals surface area contributed by atoms with Gasteiger partial charge in [0, 0.05) is 31.6 Å². The number of anilines is 1. The van der Waals surface area contributed by atoms with Crippen molar-refractivity contribution in [1.29, 1.82) is 0 Å². The van der Waals surface area contributed by atoms with Crippen LogP contribution < -0.4 is 11.1 Å². The van der Waals surface area contributed by atoms with E-state index in [2.05, 4.69) is 20.3 Å². The molecule has 0 bridgehead atoms. The molecule has 2 heterocycles. The average Bonchev–Trinajstić information content (AvgIpc) is 2.88. The summed E-state index contributed by atoms with van der Waals surface area (Å²) in [6, 6.07) is 3.40. The SMILES string of the molecule is NC(=O)c1ccc(NCCCc2ncc[nH]2)nc1. The van der Waals surface area contributed by atoms with Gasteiger partial charge in [0.1, 0.15) is 11.6 Å². The third kappa shape index (κ3) is 3.31. The molecule has 0 spiro atoms. The van der Waals surface area contributed by atoms with Gasteiger partial charge in [-0.05, 0) is 18.6 Å². The predicted molar refractivity (Wildman–Crippen MR) is 68.2 cm³/mol. The Bertz CT molecular complexity index is 492. The monoisotopic (exact) mass is 245 g/mol. The molecule has 0 aliphatic carbocycles. The third-order valence-electron chi connectivity index (χ3n) is 2.50. The fourth-order valence-corrected chi connectivity index (χ4v) is 1.55. The van der Waals surface area contributed by atoms with E-state index in [0.29, 0.717) is 5.56 Å². The van der Waals surface area contributed by atoms with E-state index in [0.717, 1.165) is 31.0 Å². The molecule has 0 unspecified atom stereocenters. The fourth-order valence-electron chi connectivity index (χ4n) is 1.55. The van der Waals surface area contributed by atoms with Gasteiger partial charge in [0.2, 0.25) is 5.91 Å². The molecule has 94 valence electrons. The van der Waals surface area contributed by atoms with Crippen LogP contribution in [0.5, 0.6) is 0 Å². The Morgan fingerprint density at radius 2 is 2.28 bits per heavy atom. The fraction of sp³-hybridized carbons (Fsp3) is 0.250. The van der Waals surface area contributed by atoms with Crippen molar-refractivity contribution in [2.75, 3.05) is 11.9 Å². The van der Waals surface area contributed by atoms with Gasteiger partial charge in [0.05, 0.1) is 5.56 Å². The molecule has 0 saturated heterocycles. The molecule has 18 heavy (non-hydrogen) atoms. The number of carbonyl (C=O) groups is 1. The van der Waals surface area contributed by atoms with Gasteiger partial charge >= 0.3 is 0 Å². The zero-order chi connectivity index (χ0) is 12.8. The number of H-pyrrole nitrogens is 1. The Morgan fingerprint density at radius 3 is 2.89 bits per heavy atom. The van der Waals surface area contributed by atoms with Gasteiger partial charge in [-0.2, -0.15) is 0 Å². The Balaban J connectivity index is 1.75. The summed E-state index contributed by atoms with van der Waals surface area (Å²) in [5, 5.41) is 3.17. The molecule has 0 fully saturated rings. The number of hydrogen-bond donors (Lipinski definition) is 3. The normalized spacial score (nSPS) is 10.2. The molecule has 2 aromatic heterocycles. The maximum absolute atomic E-state index is 10.9. The van der Waals surface area contributed by atoms with Crippen molar-refractivity contribution in [3.05, 3.63) is 42.1 Å². The second-order valence-electron chi connectivity index (χ2n) is 3.86. The summed E-state index contributed by atoms with van der Waals surface area (Å²) >= 11 is 0. The van der Waals surface area contributed by atoms with Crippen molar-refractivity contribution in [2.45, 2.75) is 12.8 Å². The van der Waals surface area contributed by atoms with Crippen LogP contribution in [0, 0.1) is 0 Å². The van der Waals surface area contributed by atoms with Gasteiger partial charge in [-0.3, -0.25) is 4.79 Å². The van der Waals surface area contributed by atoms with Gasteiger partial charge < -0.3 is 16.0 Å². The molecular formula is C12H15N5O. The second-order valence-corrected chi connectivity index (χ2v) is 3.86. The number of primary amides is 1. The molecule has 1 amide bonds. The molecule has 0 aliphatic rings. The summed E-state index contributed by atoms with van der Waals surface area (Å²) in [7, 11) is 0. The van der Waals surface area contributed by atoms with Crippen LogP contribution in [0.25, 0.3) is 0 Å². The summed E-state index contributed by atoms with van der Waals surface area (Å²) in [6.45, 7) is 0.795. The van der Waals surface area contributed by atoms with E-state index in [1.807, 2.05) is 6.20 Å². The van der Waals surface area contributed by atoms with E-state index >= 15 is 0 Å². The molecule has 6 nitrogen and oxygen atoms in total. The lowest BCUT2D eigenvalue weighted by Gasteiger charge is -2.04. The molecule has 0 saturated carbocycles. The van der Waals surface area contributed by atoms with Crippen molar-refractivity contribution < 1.29 is 4.79 Å². The van der Waals surface area contributed by atoms with Gasteiger partial charge in [-0.1, -0.05) is 0 Å². The Kier molecular flexibility index (Phi) is 3.90. The number of imidazole rings is 1. The maximum atomic E-state index is 10.9. The van der Waals surface area contributed by atoms with Crippen LogP contribution in [0.15, 0.2) is 30.7 Å². The molecule has 2 aromatic rings. The largest absolute Gasteiger partial charge is 0.370 e. The van der Waals surface area contributed by atoms with Crippen molar-refractivity contribution >= 4 is 11.7 Å². The van der Waals surface area contributed by atoms with Crippen LogP contribution in [0.1, 0.15) is 22.6 Å². The zero-order valence-electron chi connectivity index (χ0n) is 9.89. The van der Waals surface area contributed by atoms with E-state index in [4.69, 9.17) is 5.73 Å². The quantitative estimate of drug-likeness (QED) is 0.660. The first-order chi connectivity index (χ1) is 8.75. The topological polar surface area (TPSA) is 96.7 Å². The van der Waals surface area contributed by atoms with Crippen molar-refractivity contribution in [3.63, 3.8) is 0 Å². The highest BCUT2D eigenvalue weighted by Crippen LogP contribution is 2.05. The van der Waals surface area contributed by atoms with Crippen LogP contribution in [-0.4, -0.2) is 27.4 Å². The number of rotatable bonds is 6. The summed E-state index contributed by atoms with van der Waals surface area (Å²) in [4.78, 5) is 22.1. The lowest BCUT2D eigenvalue weighted by atomic mass is 10.2. The number of aromatic nitrogens is 3. The molecular weight excluding hydrogens is 230 g/mol. The van der Waals surface area contributed by atoms with E-state index in [-0.39, 0.29) is 0 Å². The number of aromatic amines is 1. The molecule has 0 aliphatic heterocycles. The number of hydrogen-bond acceptors (Lipinski definition) is 4. The lowest BCUT2D eigenvalue weighted by molar-refractivity contribution is 0.1000. The lowest BCUT2D eigenvalue weighted by Crippen LogP contribution is -2.12. The van der Waals surface area contributed by atoms with E-state index < -0.39 is 5.91 Å². The maximum Gasteiger partial charge on any atom is 0.250 e. The van der Waals surface area contributed by atoms with E-state index in [1.54, 1.807) is 18.3 Å². The second kappa shape index (κ2) is 5.81. The summed E-state index contributed by atoms with van der Waals surface area (Å²) < 4.78 is 0. The highest BCUT2D eigenvalue weighted by atomic mass is 16.1. The molecule has 0 radical (unpaired) electrons. The zero-order valence-corrected chi connectivity index (χ0v) is 9.89. The first-order valence-corrected chi connectivity index (χ1v) is 5.73. The predicted octanol–water partition coefficient (Wildman–Crippen LogP) is 0.948. The number of aryl methyl sites for hydroxylation is 1. The molecule has 2 rings (SSSR count). The molecule has 4 N–H and O–H groups in total. The standard InChI is InChI=1S/C12H15N5O/c13-12(18)9-3-4-11(17-8-9)14-5-1-2-10-15-6-7-16-10/h3-4,6-8H,1-2,5H2,(H2,13,18)(H,14,17)(H,15,16). The summed E-state index contributed by atoms with van der Waals surface area (Å²) in [5.74, 6) is 1.25. The van der Waals surface area contributed by atoms with Crippen LogP contribution >= 0.6 is 0 Å².